The summed E-state index contributed by atoms with van der Waals surface area (Å²) in [6, 6.07) is 0.0694. The van der Waals surface area contributed by atoms with Crippen molar-refractivity contribution in [3.63, 3.8) is 0 Å². The van der Waals surface area contributed by atoms with Crippen molar-refractivity contribution < 1.29 is 4.79 Å². The molecule has 0 aliphatic carbocycles. The van der Waals surface area contributed by atoms with Crippen LogP contribution in [0.4, 0.5) is 4.79 Å². The molecule has 1 rings (SSSR count). The third-order valence-electron chi connectivity index (χ3n) is 0.890. The summed E-state index contributed by atoms with van der Waals surface area (Å²) in [5.41, 5.74) is 0. The Labute approximate surface area is 50.8 Å². The van der Waals surface area contributed by atoms with Gasteiger partial charge in [0.25, 0.3) is 0 Å². The second-order valence-corrected chi connectivity index (χ2v) is 2.73. The predicted octanol–water partition coefficient (Wildman–Crippen LogP) is -1.44. The zero-order chi connectivity index (χ0) is 5.28. The summed E-state index contributed by atoms with van der Waals surface area (Å²) < 4.78 is 1.72. The molecule has 1 N–H and O–H groups in total. The molecule has 1 unspecified atom stereocenters. The first-order valence-corrected chi connectivity index (χ1v) is 3.19. The van der Waals surface area contributed by atoms with Gasteiger partial charge in [-0.25, -0.2) is 0 Å². The minimum absolute atomic E-state index is 0.0694. The van der Waals surface area contributed by atoms with Gasteiger partial charge in [0.15, 0.2) is 0 Å². The molecule has 0 spiro atoms. The van der Waals surface area contributed by atoms with Crippen molar-refractivity contribution in [3.8, 4) is 0 Å². The quantitative estimate of drug-likeness (QED) is 0.434. The third-order valence-corrected chi connectivity index (χ3v) is 1.92. The van der Waals surface area contributed by atoms with E-state index >= 15 is 0 Å². The summed E-state index contributed by atoms with van der Waals surface area (Å²) in [6.45, 7) is 1.69. The van der Waals surface area contributed by atoms with Gasteiger partial charge >= 0.3 is 50.1 Å². The molecule has 1 fully saturated rings. The normalized spacial score (nSPS) is 20.1. The van der Waals surface area contributed by atoms with E-state index in [4.69, 9.17) is 0 Å². The van der Waals surface area contributed by atoms with Gasteiger partial charge < -0.3 is 0 Å². The summed E-state index contributed by atoms with van der Waals surface area (Å²) in [4.78, 5) is 10.4. The van der Waals surface area contributed by atoms with Crippen molar-refractivity contribution in [3.05, 3.63) is 0 Å². The van der Waals surface area contributed by atoms with Gasteiger partial charge in [0.05, 0.1) is 0 Å². The van der Waals surface area contributed by atoms with E-state index in [1.165, 1.54) is 17.1 Å². The molecule has 4 heteroatoms. The maximum atomic E-state index is 10.4. The Balaban J connectivity index is 2.48. The van der Waals surface area contributed by atoms with E-state index < -0.39 is 0 Å². The van der Waals surface area contributed by atoms with Gasteiger partial charge in [-0.3, -0.25) is 0 Å². The number of carbonyl (C=O) groups excluding carboxylic acids is 1. The van der Waals surface area contributed by atoms with E-state index in [0.29, 0.717) is 0 Å². The fourth-order valence-electron chi connectivity index (χ4n) is 0.486. The van der Waals surface area contributed by atoms with Crippen LogP contribution in [-0.2, 0) is 0 Å². The molecule has 2 amide bonds. The molecule has 1 saturated heterocycles. The first-order valence-electron chi connectivity index (χ1n) is 2.11. The summed E-state index contributed by atoms with van der Waals surface area (Å²) in [7, 11) is 0. The monoisotopic (exact) mass is 162 g/mol. The van der Waals surface area contributed by atoms with Crippen molar-refractivity contribution >= 4 is 23.1 Å². The molecule has 0 bridgehead atoms. The number of carbonyl (C=O) groups is 1. The third kappa shape index (κ3) is 0.884. The first kappa shape index (κ1) is 4.97. The number of rotatable bonds is 0. The van der Waals surface area contributed by atoms with Crippen LogP contribution in [0.15, 0.2) is 0 Å². The molecular formula is C3H7AsN2O. The Morgan fingerprint density at radius 3 is 2.71 bits per heavy atom. The van der Waals surface area contributed by atoms with Gasteiger partial charge in [-0.1, -0.05) is 0 Å². The number of urea groups is 1. The Bertz CT molecular complexity index is 94.9. The van der Waals surface area contributed by atoms with Gasteiger partial charge in [-0.05, 0) is 0 Å². The van der Waals surface area contributed by atoms with Crippen LogP contribution in [0.2, 0.25) is 0 Å². The molecule has 40 valence electrons. The van der Waals surface area contributed by atoms with E-state index in [1.807, 2.05) is 0 Å². The summed E-state index contributed by atoms with van der Waals surface area (Å²) in [5.74, 6) is 0. The van der Waals surface area contributed by atoms with Crippen molar-refractivity contribution in [1.29, 1.82) is 0 Å². The Kier molecular flexibility index (Phi) is 1.24. The number of hydrogen-bond acceptors (Lipinski definition) is 1. The zero-order valence-corrected chi connectivity index (χ0v) is 6.27. The Morgan fingerprint density at radius 2 is 2.57 bits per heavy atom. The van der Waals surface area contributed by atoms with Crippen molar-refractivity contribution in [2.75, 3.05) is 13.1 Å². The molecule has 0 aromatic rings. The number of hydrogen-bond donors (Lipinski definition) is 1. The van der Waals surface area contributed by atoms with Gasteiger partial charge in [0, 0.05) is 0 Å². The van der Waals surface area contributed by atoms with Crippen LogP contribution >= 0.6 is 0 Å². The van der Waals surface area contributed by atoms with Crippen LogP contribution in [0.25, 0.3) is 0 Å². The molecule has 0 saturated carbocycles. The predicted molar refractivity (Wildman–Crippen MR) is 28.6 cm³/mol. The molecule has 0 aromatic heterocycles. The minimum atomic E-state index is 0.0694. The number of nitrogens with one attached hydrogen (secondary N) is 1. The number of nitrogens with zero attached hydrogens (tertiary/aromatic N) is 1. The molecule has 1 heterocycles. The zero-order valence-electron chi connectivity index (χ0n) is 3.85. The van der Waals surface area contributed by atoms with E-state index in [-0.39, 0.29) is 6.03 Å². The van der Waals surface area contributed by atoms with Crippen LogP contribution in [0.1, 0.15) is 0 Å². The summed E-state index contributed by atoms with van der Waals surface area (Å²) in [6.07, 6.45) is 0. The molecule has 1 aliphatic heterocycles. The Morgan fingerprint density at radius 1 is 1.86 bits per heavy atom. The van der Waals surface area contributed by atoms with Gasteiger partial charge in [-0.15, -0.1) is 0 Å². The molecule has 0 radical (unpaired) electrons. The molecular weight excluding hydrogens is 155 g/mol. The van der Waals surface area contributed by atoms with E-state index in [1.54, 1.807) is 3.82 Å². The van der Waals surface area contributed by atoms with E-state index in [9.17, 15) is 4.79 Å². The Hall–Kier alpha value is -0.172. The van der Waals surface area contributed by atoms with Gasteiger partial charge in [0.2, 0.25) is 0 Å². The van der Waals surface area contributed by atoms with Crippen LogP contribution in [0.3, 0.4) is 0 Å². The van der Waals surface area contributed by atoms with Gasteiger partial charge in [-0.2, -0.15) is 0 Å². The summed E-state index contributed by atoms with van der Waals surface area (Å²) >= 11 is 1.37. The fourth-order valence-corrected chi connectivity index (χ4v) is 0.949. The van der Waals surface area contributed by atoms with Crippen molar-refractivity contribution in [1.82, 2.24) is 9.13 Å². The molecule has 0 aromatic carbocycles. The van der Waals surface area contributed by atoms with Crippen LogP contribution in [-0.4, -0.2) is 40.0 Å². The molecule has 3 nitrogen and oxygen atoms in total. The second-order valence-electron chi connectivity index (χ2n) is 1.43. The van der Waals surface area contributed by atoms with Crippen molar-refractivity contribution in [2.24, 2.45) is 0 Å². The van der Waals surface area contributed by atoms with Gasteiger partial charge in [0.1, 0.15) is 0 Å². The first-order chi connectivity index (χ1) is 3.30. The fraction of sp³-hybridized carbons (Fsp3) is 0.667. The van der Waals surface area contributed by atoms with Crippen LogP contribution < -0.4 is 5.32 Å². The maximum absolute atomic E-state index is 10.4. The average Bonchev–Trinajstić information content (AvgIpc) is 1.91. The van der Waals surface area contributed by atoms with E-state index in [2.05, 4.69) is 5.32 Å². The topological polar surface area (TPSA) is 32.3 Å². The standard InChI is InChI=1S/C3H7AsN2O/c4-6-2-1-5-3(6)7/h1-2,4H2,(H,5,7). The molecule has 1 aliphatic rings. The van der Waals surface area contributed by atoms with E-state index in [0.717, 1.165) is 13.1 Å². The SMILES string of the molecule is O=C1NCCN1[AsH2]. The van der Waals surface area contributed by atoms with Crippen molar-refractivity contribution in [2.45, 2.75) is 0 Å². The van der Waals surface area contributed by atoms with Crippen LogP contribution in [0, 0.1) is 0 Å². The second kappa shape index (κ2) is 1.74. The molecule has 7 heavy (non-hydrogen) atoms. The van der Waals surface area contributed by atoms with Crippen LogP contribution in [0.5, 0.6) is 0 Å². The summed E-state index contributed by atoms with van der Waals surface area (Å²) in [5, 5.41) is 2.67. The molecule has 1 atom stereocenters. The average molecular weight is 162 g/mol. The number of amides is 2.